The molecule has 1 heterocycles. The SMILES string of the molecule is Br.Cc1ccc(C)c(-c2csc(=Nc3ccccc3)n2CCCO)c1. The summed E-state index contributed by atoms with van der Waals surface area (Å²) < 4.78 is 2.22. The summed E-state index contributed by atoms with van der Waals surface area (Å²) in [5, 5.41) is 11.4. The summed E-state index contributed by atoms with van der Waals surface area (Å²) in [6.07, 6.45) is 0.719. The van der Waals surface area contributed by atoms with Crippen LogP contribution in [0.3, 0.4) is 0 Å². The van der Waals surface area contributed by atoms with Gasteiger partial charge in [-0.15, -0.1) is 28.3 Å². The summed E-state index contributed by atoms with van der Waals surface area (Å²) in [6, 6.07) is 16.5. The molecule has 5 heteroatoms. The van der Waals surface area contributed by atoms with Gasteiger partial charge in [0, 0.05) is 24.1 Å². The largest absolute Gasteiger partial charge is 0.396 e. The monoisotopic (exact) mass is 418 g/mol. The third kappa shape index (κ3) is 4.69. The summed E-state index contributed by atoms with van der Waals surface area (Å²) in [5.74, 6) is 0. The number of hydrogen-bond acceptors (Lipinski definition) is 3. The Labute approximate surface area is 163 Å². The molecule has 0 saturated carbocycles. The molecule has 0 bridgehead atoms. The summed E-state index contributed by atoms with van der Waals surface area (Å²) in [5.41, 5.74) is 5.85. The Hall–Kier alpha value is -1.69. The molecule has 0 fully saturated rings. The Morgan fingerprint density at radius 1 is 1.08 bits per heavy atom. The molecule has 0 amide bonds. The lowest BCUT2D eigenvalue weighted by Gasteiger charge is -2.11. The second-order valence-corrected chi connectivity index (χ2v) is 6.73. The highest BCUT2D eigenvalue weighted by molar-refractivity contribution is 8.93. The first-order valence-electron chi connectivity index (χ1n) is 8.15. The highest BCUT2D eigenvalue weighted by atomic mass is 79.9. The van der Waals surface area contributed by atoms with Crippen molar-refractivity contribution in [2.45, 2.75) is 26.8 Å². The number of aliphatic hydroxyl groups excluding tert-OH is 1. The quantitative estimate of drug-likeness (QED) is 0.619. The molecule has 1 aromatic heterocycles. The highest BCUT2D eigenvalue weighted by Gasteiger charge is 2.10. The topological polar surface area (TPSA) is 37.5 Å². The zero-order valence-corrected chi connectivity index (χ0v) is 17.0. The number of nitrogens with zero attached hydrogens (tertiary/aromatic N) is 2. The van der Waals surface area contributed by atoms with Crippen LogP contribution in [-0.2, 0) is 6.54 Å². The molecule has 3 nitrogen and oxygen atoms in total. The van der Waals surface area contributed by atoms with Crippen LogP contribution in [0, 0.1) is 13.8 Å². The summed E-state index contributed by atoms with van der Waals surface area (Å²) >= 11 is 1.65. The van der Waals surface area contributed by atoms with Crippen molar-refractivity contribution < 1.29 is 5.11 Å². The smallest absolute Gasteiger partial charge is 0.190 e. The predicted octanol–water partition coefficient (Wildman–Crippen LogP) is 5.03. The number of halogens is 1. The van der Waals surface area contributed by atoms with Crippen molar-refractivity contribution in [2.24, 2.45) is 4.99 Å². The van der Waals surface area contributed by atoms with Crippen LogP contribution in [0.5, 0.6) is 0 Å². The lowest BCUT2D eigenvalue weighted by molar-refractivity contribution is 0.279. The minimum Gasteiger partial charge on any atom is -0.396 e. The molecular formula is C20H23BrN2OS. The van der Waals surface area contributed by atoms with Crippen LogP contribution in [-0.4, -0.2) is 16.3 Å². The second kappa shape index (κ2) is 9.13. The van der Waals surface area contributed by atoms with Crippen LogP contribution in [0.15, 0.2) is 58.9 Å². The standard InChI is InChI=1S/C20H22N2OS.BrH/c1-15-9-10-16(2)18(13-15)19-14-24-20(22(19)11-6-12-23)21-17-7-4-3-5-8-17;/h3-5,7-10,13-14,23H,6,11-12H2,1-2H3;1H. The first-order valence-corrected chi connectivity index (χ1v) is 9.03. The molecule has 0 aliphatic rings. The molecule has 0 saturated heterocycles. The van der Waals surface area contributed by atoms with Crippen molar-refractivity contribution in [1.82, 2.24) is 4.57 Å². The van der Waals surface area contributed by atoms with E-state index < -0.39 is 0 Å². The maximum Gasteiger partial charge on any atom is 0.190 e. The average molecular weight is 419 g/mol. The van der Waals surface area contributed by atoms with Crippen molar-refractivity contribution in [3.05, 3.63) is 69.8 Å². The van der Waals surface area contributed by atoms with E-state index in [1.165, 1.54) is 22.4 Å². The maximum absolute atomic E-state index is 9.27. The number of para-hydroxylation sites is 1. The number of benzene rings is 2. The van der Waals surface area contributed by atoms with E-state index in [1.807, 2.05) is 30.3 Å². The zero-order chi connectivity index (χ0) is 16.9. The van der Waals surface area contributed by atoms with Crippen LogP contribution in [0.4, 0.5) is 5.69 Å². The van der Waals surface area contributed by atoms with Gasteiger partial charge in [-0.1, -0.05) is 35.9 Å². The van der Waals surface area contributed by atoms with E-state index >= 15 is 0 Å². The van der Waals surface area contributed by atoms with Crippen molar-refractivity contribution in [3.8, 4) is 11.3 Å². The number of aliphatic hydroxyl groups is 1. The van der Waals surface area contributed by atoms with E-state index in [-0.39, 0.29) is 23.6 Å². The van der Waals surface area contributed by atoms with Crippen molar-refractivity contribution in [1.29, 1.82) is 0 Å². The Bertz CT molecular complexity index is 884. The van der Waals surface area contributed by atoms with E-state index in [1.54, 1.807) is 11.3 Å². The van der Waals surface area contributed by atoms with Gasteiger partial charge >= 0.3 is 0 Å². The van der Waals surface area contributed by atoms with E-state index in [9.17, 15) is 5.11 Å². The molecule has 25 heavy (non-hydrogen) atoms. The molecule has 3 aromatic rings. The first-order chi connectivity index (χ1) is 11.7. The molecule has 0 spiro atoms. The summed E-state index contributed by atoms with van der Waals surface area (Å²) in [7, 11) is 0. The third-order valence-electron chi connectivity index (χ3n) is 3.99. The minimum atomic E-state index is 0. The van der Waals surface area contributed by atoms with E-state index in [2.05, 4.69) is 42.0 Å². The van der Waals surface area contributed by atoms with Gasteiger partial charge in [0.15, 0.2) is 4.80 Å². The van der Waals surface area contributed by atoms with Crippen LogP contribution in [0.2, 0.25) is 0 Å². The normalized spacial score (nSPS) is 11.4. The molecule has 2 aromatic carbocycles. The van der Waals surface area contributed by atoms with Crippen molar-refractivity contribution in [3.63, 3.8) is 0 Å². The van der Waals surface area contributed by atoms with Crippen molar-refractivity contribution >= 4 is 34.0 Å². The molecule has 0 radical (unpaired) electrons. The second-order valence-electron chi connectivity index (χ2n) is 5.90. The third-order valence-corrected chi connectivity index (χ3v) is 4.85. The molecule has 0 atom stereocenters. The Morgan fingerprint density at radius 2 is 1.84 bits per heavy atom. The van der Waals surface area contributed by atoms with Crippen LogP contribution < -0.4 is 4.80 Å². The molecule has 132 valence electrons. The first kappa shape index (κ1) is 19.6. The fourth-order valence-electron chi connectivity index (χ4n) is 2.70. The van der Waals surface area contributed by atoms with Gasteiger partial charge in [0.2, 0.25) is 0 Å². The fraction of sp³-hybridized carbons (Fsp3) is 0.250. The fourth-order valence-corrected chi connectivity index (χ4v) is 3.65. The Kier molecular flexibility index (Phi) is 7.17. The van der Waals surface area contributed by atoms with Gasteiger partial charge in [0.25, 0.3) is 0 Å². The number of aromatic nitrogens is 1. The van der Waals surface area contributed by atoms with Gasteiger partial charge < -0.3 is 9.67 Å². The predicted molar refractivity (Wildman–Crippen MR) is 111 cm³/mol. The van der Waals surface area contributed by atoms with Gasteiger partial charge in [0.1, 0.15) is 0 Å². The molecular weight excluding hydrogens is 396 g/mol. The lowest BCUT2D eigenvalue weighted by Crippen LogP contribution is -2.17. The summed E-state index contributed by atoms with van der Waals surface area (Å²) in [6.45, 7) is 5.19. The van der Waals surface area contributed by atoms with Crippen LogP contribution >= 0.6 is 28.3 Å². The van der Waals surface area contributed by atoms with Crippen molar-refractivity contribution in [2.75, 3.05) is 6.61 Å². The van der Waals surface area contributed by atoms with Gasteiger partial charge in [-0.2, -0.15) is 0 Å². The zero-order valence-electron chi connectivity index (χ0n) is 14.5. The van der Waals surface area contributed by atoms with Crippen LogP contribution in [0.1, 0.15) is 17.5 Å². The number of thiazole rings is 1. The number of aryl methyl sites for hydroxylation is 2. The molecule has 0 aliphatic carbocycles. The van der Waals surface area contributed by atoms with Gasteiger partial charge in [0.05, 0.1) is 11.4 Å². The minimum absolute atomic E-state index is 0. The van der Waals surface area contributed by atoms with Crippen LogP contribution in [0.25, 0.3) is 11.3 Å². The highest BCUT2D eigenvalue weighted by Crippen LogP contribution is 2.25. The van der Waals surface area contributed by atoms with Gasteiger partial charge in [-0.25, -0.2) is 4.99 Å². The molecule has 1 N–H and O–H groups in total. The lowest BCUT2D eigenvalue weighted by atomic mass is 10.0. The molecule has 0 aliphatic heterocycles. The maximum atomic E-state index is 9.27. The number of hydrogen-bond donors (Lipinski definition) is 1. The Morgan fingerprint density at radius 3 is 2.56 bits per heavy atom. The summed E-state index contributed by atoms with van der Waals surface area (Å²) in [4.78, 5) is 5.76. The van der Waals surface area contributed by atoms with E-state index in [0.717, 1.165) is 23.5 Å². The van der Waals surface area contributed by atoms with E-state index in [0.29, 0.717) is 0 Å². The van der Waals surface area contributed by atoms with Gasteiger partial charge in [-0.05, 0) is 44.0 Å². The molecule has 3 rings (SSSR count). The number of rotatable bonds is 5. The molecule has 0 unspecified atom stereocenters. The Balaban J connectivity index is 0.00000225. The van der Waals surface area contributed by atoms with Gasteiger partial charge in [-0.3, -0.25) is 0 Å². The average Bonchev–Trinajstić information content (AvgIpc) is 2.98. The van der Waals surface area contributed by atoms with E-state index in [4.69, 9.17) is 4.99 Å².